The Morgan fingerprint density at radius 3 is 2.17 bits per heavy atom. The zero-order valence-corrected chi connectivity index (χ0v) is 8.44. The number of carbonyl (C=O) groups excluding carboxylic acids is 1. The summed E-state index contributed by atoms with van der Waals surface area (Å²) in [7, 11) is 1.70. The van der Waals surface area contributed by atoms with Gasteiger partial charge in [0.25, 0.3) is 0 Å². The molecule has 1 aliphatic heterocycles. The molecular weight excluding hydrogens is 174 g/mol. The fraction of sp³-hybridized carbons (Fsp3) is 0.714. The Balaban J connectivity index is 2.95. The summed E-state index contributed by atoms with van der Waals surface area (Å²) < 4.78 is 0.407. The van der Waals surface area contributed by atoms with Gasteiger partial charge in [-0.1, -0.05) is 0 Å². The molecule has 0 unspecified atom stereocenters. The molecule has 0 atom stereocenters. The monoisotopic (exact) mass is 188 g/mol. The van der Waals surface area contributed by atoms with Gasteiger partial charge >= 0.3 is 11.1 Å². The highest BCUT2D eigenvalue weighted by molar-refractivity contribution is 7.80. The molecule has 1 heterocycles. The zero-order chi connectivity index (χ0) is 9.35. The number of urea groups is 1. The first-order chi connectivity index (χ1) is 5.57. The third-order valence-corrected chi connectivity index (χ3v) is 2.97. The lowest BCUT2D eigenvalue weighted by atomic mass is 10.5. The summed E-state index contributed by atoms with van der Waals surface area (Å²) in [6, 6.07) is -0.108. The van der Waals surface area contributed by atoms with Crippen LogP contribution in [0.5, 0.6) is 0 Å². The molecule has 5 heteroatoms. The number of hydrogen-bond acceptors (Lipinski definition) is 2. The lowest BCUT2D eigenvalue weighted by Crippen LogP contribution is -2.56. The van der Waals surface area contributed by atoms with Gasteiger partial charge in [0.15, 0.2) is 0 Å². The van der Waals surface area contributed by atoms with Crippen LogP contribution in [0.1, 0.15) is 13.8 Å². The number of nitrogens with one attached hydrogen (secondary N) is 1. The number of nitrogens with zero attached hydrogens (tertiary/aromatic N) is 2. The smallest absolute Gasteiger partial charge is 0.243 e. The van der Waals surface area contributed by atoms with E-state index in [1.807, 2.05) is 13.8 Å². The van der Waals surface area contributed by atoms with E-state index in [4.69, 9.17) is 12.2 Å². The van der Waals surface area contributed by atoms with Crippen molar-refractivity contribution in [2.45, 2.75) is 13.8 Å². The van der Waals surface area contributed by atoms with Crippen LogP contribution in [0.3, 0.4) is 0 Å². The molecule has 4 nitrogen and oxygen atoms in total. The number of carbonyl (C=O) groups is 1. The summed E-state index contributed by atoms with van der Waals surface area (Å²) in [6.07, 6.45) is 0. The van der Waals surface area contributed by atoms with Gasteiger partial charge in [-0.15, -0.1) is 0 Å². The third-order valence-electron chi connectivity index (χ3n) is 2.35. The standard InChI is InChI=1S/C7H13N3OS/c1-4-10(5-2)7(12)9(3)6(11)8-10/h4-5H2,1-3H3/p+1. The van der Waals surface area contributed by atoms with E-state index in [1.165, 1.54) is 4.90 Å². The van der Waals surface area contributed by atoms with E-state index >= 15 is 0 Å². The first-order valence-electron chi connectivity index (χ1n) is 4.05. The molecule has 0 radical (unpaired) electrons. The maximum absolute atomic E-state index is 11.2. The number of rotatable bonds is 2. The van der Waals surface area contributed by atoms with Gasteiger partial charge in [-0.25, -0.2) is 9.69 Å². The molecule has 0 bridgehead atoms. The Morgan fingerprint density at radius 1 is 1.50 bits per heavy atom. The first-order valence-corrected chi connectivity index (χ1v) is 4.45. The van der Waals surface area contributed by atoms with Crippen molar-refractivity contribution in [3.63, 3.8) is 0 Å². The van der Waals surface area contributed by atoms with Crippen molar-refractivity contribution in [1.82, 2.24) is 10.3 Å². The van der Waals surface area contributed by atoms with E-state index in [2.05, 4.69) is 5.43 Å². The molecule has 1 N–H and O–H groups in total. The molecule has 0 aromatic heterocycles. The highest BCUT2D eigenvalue weighted by Crippen LogP contribution is 2.14. The van der Waals surface area contributed by atoms with Gasteiger partial charge in [0, 0.05) is 19.3 Å². The van der Waals surface area contributed by atoms with Gasteiger partial charge < -0.3 is 0 Å². The second-order valence-corrected chi connectivity index (χ2v) is 3.22. The van der Waals surface area contributed by atoms with Crippen molar-refractivity contribution in [1.29, 1.82) is 0 Å². The predicted molar refractivity (Wildman–Crippen MR) is 50.2 cm³/mol. The number of hydrogen-bond donors (Lipinski definition) is 1. The summed E-state index contributed by atoms with van der Waals surface area (Å²) in [6.45, 7) is 5.61. The van der Waals surface area contributed by atoms with E-state index in [1.54, 1.807) is 7.05 Å². The highest BCUT2D eigenvalue weighted by atomic mass is 32.1. The van der Waals surface area contributed by atoms with Gasteiger partial charge in [0.2, 0.25) is 0 Å². The van der Waals surface area contributed by atoms with Crippen LogP contribution >= 0.6 is 12.2 Å². The summed E-state index contributed by atoms with van der Waals surface area (Å²) in [5, 5.41) is 0.657. The van der Waals surface area contributed by atoms with Crippen LogP contribution in [-0.4, -0.2) is 40.8 Å². The lowest BCUT2D eigenvalue weighted by molar-refractivity contribution is -0.868. The number of thiocarbonyl (C=S) groups is 1. The van der Waals surface area contributed by atoms with Crippen LogP contribution < -0.4 is 5.43 Å². The third kappa shape index (κ3) is 1.09. The second kappa shape index (κ2) is 2.99. The summed E-state index contributed by atoms with van der Waals surface area (Å²) in [4.78, 5) is 12.7. The van der Waals surface area contributed by atoms with E-state index in [0.29, 0.717) is 9.70 Å². The molecule has 0 aliphatic carbocycles. The SMILES string of the molecule is CC[N+]1(CC)NC(=O)N(C)C1=S. The van der Waals surface area contributed by atoms with Crippen LogP contribution in [0, 0.1) is 0 Å². The average Bonchev–Trinajstić information content (AvgIpc) is 2.30. The van der Waals surface area contributed by atoms with Crippen molar-refractivity contribution in [2.24, 2.45) is 0 Å². The fourth-order valence-corrected chi connectivity index (χ4v) is 1.72. The van der Waals surface area contributed by atoms with E-state index in [0.717, 1.165) is 13.1 Å². The molecule has 1 rings (SSSR count). The molecule has 1 fully saturated rings. The summed E-state index contributed by atoms with van der Waals surface area (Å²) in [5.74, 6) is 0. The van der Waals surface area contributed by atoms with Crippen LogP contribution in [-0.2, 0) is 0 Å². The van der Waals surface area contributed by atoms with Crippen LogP contribution in [0.4, 0.5) is 4.79 Å². The maximum atomic E-state index is 11.2. The highest BCUT2D eigenvalue weighted by Gasteiger charge is 2.44. The van der Waals surface area contributed by atoms with Crippen LogP contribution in [0.15, 0.2) is 0 Å². The molecule has 2 amide bonds. The van der Waals surface area contributed by atoms with Gasteiger partial charge in [-0.2, -0.15) is 10.0 Å². The van der Waals surface area contributed by atoms with Crippen LogP contribution in [0.25, 0.3) is 0 Å². The van der Waals surface area contributed by atoms with Crippen molar-refractivity contribution >= 4 is 23.4 Å². The van der Waals surface area contributed by atoms with Crippen molar-refractivity contribution in [2.75, 3.05) is 20.1 Å². The molecule has 0 aromatic rings. The minimum Gasteiger partial charge on any atom is -0.243 e. The topological polar surface area (TPSA) is 32.3 Å². The van der Waals surface area contributed by atoms with E-state index < -0.39 is 0 Å². The van der Waals surface area contributed by atoms with Crippen molar-refractivity contribution < 1.29 is 9.39 Å². The molecule has 0 saturated carbocycles. The second-order valence-electron chi connectivity index (χ2n) is 2.86. The quantitative estimate of drug-likeness (QED) is 0.511. The van der Waals surface area contributed by atoms with Gasteiger partial charge in [-0.05, 0) is 13.8 Å². The zero-order valence-electron chi connectivity index (χ0n) is 7.63. The molecule has 1 saturated heterocycles. The Labute approximate surface area is 77.7 Å². The fourth-order valence-electron chi connectivity index (χ4n) is 1.33. The molecule has 68 valence electrons. The molecular formula is C7H14N3OS+. The average molecular weight is 188 g/mol. The van der Waals surface area contributed by atoms with Crippen molar-refractivity contribution in [3.05, 3.63) is 0 Å². The molecule has 1 aliphatic rings. The Morgan fingerprint density at radius 2 is 2.00 bits per heavy atom. The van der Waals surface area contributed by atoms with E-state index in [-0.39, 0.29) is 6.03 Å². The van der Waals surface area contributed by atoms with Gasteiger partial charge in [-0.3, -0.25) is 0 Å². The Bertz CT molecular complexity index is 225. The van der Waals surface area contributed by atoms with Crippen LogP contribution in [0.2, 0.25) is 0 Å². The molecule has 0 aromatic carbocycles. The van der Waals surface area contributed by atoms with Crippen molar-refractivity contribution in [3.8, 4) is 0 Å². The van der Waals surface area contributed by atoms with E-state index in [9.17, 15) is 4.79 Å². The minimum absolute atomic E-state index is 0.108. The van der Waals surface area contributed by atoms with Gasteiger partial charge in [0.05, 0.1) is 0 Å². The largest absolute Gasteiger partial charge is 0.371 e. The Kier molecular flexibility index (Phi) is 2.34. The Hall–Kier alpha value is -0.680. The normalized spacial score (nSPS) is 21.4. The molecule has 0 spiro atoms. The number of amides is 2. The summed E-state index contributed by atoms with van der Waals surface area (Å²) >= 11 is 5.17. The first kappa shape index (κ1) is 9.41. The summed E-state index contributed by atoms with van der Waals surface area (Å²) in [5.41, 5.74) is 2.85. The van der Waals surface area contributed by atoms with Gasteiger partial charge in [0.1, 0.15) is 13.1 Å². The molecule has 12 heavy (non-hydrogen) atoms. The number of quaternary nitrogens is 1. The lowest BCUT2D eigenvalue weighted by Gasteiger charge is -2.27. The predicted octanol–water partition coefficient (Wildman–Crippen LogP) is 0.698. The maximum Gasteiger partial charge on any atom is 0.371 e. The minimum atomic E-state index is -0.108.